The van der Waals surface area contributed by atoms with E-state index in [9.17, 15) is 14.0 Å². The maximum Gasteiger partial charge on any atom is 0.261 e. The number of ketones is 1. The van der Waals surface area contributed by atoms with E-state index >= 15 is 0 Å². The third-order valence-corrected chi connectivity index (χ3v) is 6.04. The predicted molar refractivity (Wildman–Crippen MR) is 118 cm³/mol. The molecule has 1 aromatic heterocycles. The van der Waals surface area contributed by atoms with Gasteiger partial charge in [-0.1, -0.05) is 28.1 Å². The lowest BCUT2D eigenvalue weighted by Gasteiger charge is -2.33. The normalized spacial score (nSPS) is 17.6. The molecule has 6 nitrogen and oxygen atoms in total. The molecule has 1 atom stereocenters. The van der Waals surface area contributed by atoms with Gasteiger partial charge in [-0.25, -0.2) is 9.07 Å². The number of aromatic nitrogens is 2. The third kappa shape index (κ3) is 3.57. The van der Waals surface area contributed by atoms with Crippen molar-refractivity contribution < 1.29 is 14.0 Å². The first-order valence-corrected chi connectivity index (χ1v) is 10.7. The molecule has 3 aromatic rings. The molecule has 0 radical (unpaired) electrons. The van der Waals surface area contributed by atoms with E-state index < -0.39 is 6.04 Å². The van der Waals surface area contributed by atoms with E-state index in [0.29, 0.717) is 29.1 Å². The van der Waals surface area contributed by atoms with Crippen molar-refractivity contribution in [3.05, 3.63) is 87.4 Å². The van der Waals surface area contributed by atoms with Gasteiger partial charge >= 0.3 is 0 Å². The number of anilines is 2. The molecule has 2 aromatic carbocycles. The zero-order chi connectivity index (χ0) is 21.5. The smallest absolute Gasteiger partial charge is 0.261 e. The molecular weight excluding hydrogens is 463 g/mol. The van der Waals surface area contributed by atoms with Gasteiger partial charge in [0.2, 0.25) is 0 Å². The zero-order valence-corrected chi connectivity index (χ0v) is 17.9. The average Bonchev–Trinajstić information content (AvgIpc) is 3.18. The van der Waals surface area contributed by atoms with Crippen LogP contribution in [0.25, 0.3) is 0 Å². The minimum Gasteiger partial charge on any atom is -0.343 e. The standard InChI is InChI=1S/C23H18BrFN4O2/c24-14-4-1-3-13(11-14)21-20-18(5-2-6-19(20)30)28-22-17(12-26-29(21)22)23(31)27-16-9-7-15(25)8-10-16/h1,3-4,7-12,21,28H,2,5-6H2,(H,27,31)/t21-/m1/s1. The fourth-order valence-corrected chi connectivity index (χ4v) is 4.56. The Morgan fingerprint density at radius 2 is 2.00 bits per heavy atom. The zero-order valence-electron chi connectivity index (χ0n) is 16.4. The van der Waals surface area contributed by atoms with Gasteiger partial charge < -0.3 is 10.6 Å². The van der Waals surface area contributed by atoms with E-state index in [1.54, 1.807) is 4.68 Å². The molecule has 0 unspecified atom stereocenters. The van der Waals surface area contributed by atoms with Gasteiger partial charge in [-0.2, -0.15) is 5.10 Å². The van der Waals surface area contributed by atoms with Crippen LogP contribution in [0.3, 0.4) is 0 Å². The minimum absolute atomic E-state index is 0.0946. The quantitative estimate of drug-likeness (QED) is 0.549. The van der Waals surface area contributed by atoms with Crippen molar-refractivity contribution in [2.45, 2.75) is 25.3 Å². The second-order valence-electron chi connectivity index (χ2n) is 7.56. The summed E-state index contributed by atoms with van der Waals surface area (Å²) in [5.74, 6) is -0.101. The molecule has 0 spiro atoms. The van der Waals surface area contributed by atoms with Gasteiger partial charge in [-0.3, -0.25) is 9.59 Å². The van der Waals surface area contributed by atoms with Crippen molar-refractivity contribution in [1.82, 2.24) is 9.78 Å². The molecule has 156 valence electrons. The van der Waals surface area contributed by atoms with Crippen LogP contribution in [0, 0.1) is 5.82 Å². The van der Waals surface area contributed by atoms with Crippen LogP contribution in [0.15, 0.2) is 70.5 Å². The number of benzene rings is 2. The van der Waals surface area contributed by atoms with Crippen LogP contribution in [-0.4, -0.2) is 21.5 Å². The molecule has 0 fully saturated rings. The van der Waals surface area contributed by atoms with E-state index in [2.05, 4.69) is 31.7 Å². The molecule has 31 heavy (non-hydrogen) atoms. The Morgan fingerprint density at radius 3 is 2.77 bits per heavy atom. The molecule has 0 saturated heterocycles. The van der Waals surface area contributed by atoms with Gasteiger partial charge in [0.1, 0.15) is 23.2 Å². The predicted octanol–water partition coefficient (Wildman–Crippen LogP) is 5.06. The molecule has 2 aliphatic rings. The highest BCUT2D eigenvalue weighted by Crippen LogP contribution is 2.42. The summed E-state index contributed by atoms with van der Waals surface area (Å²) in [4.78, 5) is 25.8. The summed E-state index contributed by atoms with van der Waals surface area (Å²) in [6.45, 7) is 0. The lowest BCUT2D eigenvalue weighted by atomic mass is 9.85. The maximum absolute atomic E-state index is 13.2. The topological polar surface area (TPSA) is 76.0 Å². The van der Waals surface area contributed by atoms with E-state index in [4.69, 9.17) is 0 Å². The van der Waals surface area contributed by atoms with Gasteiger partial charge in [0.25, 0.3) is 5.91 Å². The molecule has 0 saturated carbocycles. The summed E-state index contributed by atoms with van der Waals surface area (Å²) in [5, 5.41) is 10.5. The third-order valence-electron chi connectivity index (χ3n) is 5.55. The SMILES string of the molecule is O=C1CCCC2=C1[C@@H](c1cccc(Br)c1)n1ncc(C(=O)Nc3ccc(F)cc3)c1N2. The fraction of sp³-hybridized carbons (Fsp3) is 0.174. The Labute approximate surface area is 186 Å². The van der Waals surface area contributed by atoms with Crippen LogP contribution < -0.4 is 10.6 Å². The molecule has 2 heterocycles. The average molecular weight is 481 g/mol. The number of hydrogen-bond acceptors (Lipinski definition) is 4. The van der Waals surface area contributed by atoms with Gasteiger partial charge in [0, 0.05) is 27.9 Å². The minimum atomic E-state index is -0.413. The summed E-state index contributed by atoms with van der Waals surface area (Å²) >= 11 is 3.51. The number of fused-ring (bicyclic) bond motifs is 1. The van der Waals surface area contributed by atoms with Crippen LogP contribution in [0.4, 0.5) is 15.9 Å². The summed E-state index contributed by atoms with van der Waals surface area (Å²) in [5.41, 5.74) is 3.29. The molecule has 2 N–H and O–H groups in total. The summed E-state index contributed by atoms with van der Waals surface area (Å²) in [6, 6.07) is 12.9. The number of nitrogens with one attached hydrogen (secondary N) is 2. The monoisotopic (exact) mass is 480 g/mol. The number of rotatable bonds is 3. The van der Waals surface area contributed by atoms with Crippen LogP contribution in [0.1, 0.15) is 41.2 Å². The molecule has 0 bridgehead atoms. The highest BCUT2D eigenvalue weighted by molar-refractivity contribution is 9.10. The summed E-state index contributed by atoms with van der Waals surface area (Å²) in [7, 11) is 0. The van der Waals surface area contributed by atoms with E-state index in [1.165, 1.54) is 30.5 Å². The van der Waals surface area contributed by atoms with Crippen molar-refractivity contribution >= 4 is 39.1 Å². The second-order valence-corrected chi connectivity index (χ2v) is 8.48. The first kappa shape index (κ1) is 19.7. The first-order valence-electron chi connectivity index (χ1n) is 9.94. The number of Topliss-reactive ketones (excluding diaryl/α,β-unsaturated/α-hetero) is 1. The van der Waals surface area contributed by atoms with Gasteiger partial charge in [-0.15, -0.1) is 0 Å². The number of hydrogen-bond donors (Lipinski definition) is 2. The summed E-state index contributed by atoms with van der Waals surface area (Å²) < 4.78 is 15.8. The van der Waals surface area contributed by atoms with Crippen molar-refractivity contribution in [3.63, 3.8) is 0 Å². The van der Waals surface area contributed by atoms with Crippen LogP contribution >= 0.6 is 15.9 Å². The van der Waals surface area contributed by atoms with Crippen molar-refractivity contribution in [2.75, 3.05) is 10.6 Å². The van der Waals surface area contributed by atoms with Crippen molar-refractivity contribution in [1.29, 1.82) is 0 Å². The molecule has 5 rings (SSSR count). The lowest BCUT2D eigenvalue weighted by Crippen LogP contribution is -2.32. The lowest BCUT2D eigenvalue weighted by molar-refractivity contribution is -0.116. The first-order chi connectivity index (χ1) is 15.0. The van der Waals surface area contributed by atoms with Gasteiger partial charge in [0.05, 0.1) is 6.20 Å². The van der Waals surface area contributed by atoms with Crippen molar-refractivity contribution in [2.24, 2.45) is 0 Å². The fourth-order valence-electron chi connectivity index (χ4n) is 4.14. The van der Waals surface area contributed by atoms with Crippen LogP contribution in [0.2, 0.25) is 0 Å². The highest BCUT2D eigenvalue weighted by atomic mass is 79.9. The molecule has 1 aliphatic heterocycles. The molecule has 8 heteroatoms. The van der Waals surface area contributed by atoms with Gasteiger partial charge in [-0.05, 0) is 54.8 Å². The Bertz CT molecular complexity index is 1230. The number of carbonyl (C=O) groups is 2. The van der Waals surface area contributed by atoms with Gasteiger partial charge in [0.15, 0.2) is 5.78 Å². The summed E-state index contributed by atoms with van der Waals surface area (Å²) in [6.07, 6.45) is 3.49. The molecular formula is C23H18BrFN4O2. The van der Waals surface area contributed by atoms with Crippen LogP contribution in [-0.2, 0) is 4.79 Å². The van der Waals surface area contributed by atoms with E-state index in [1.807, 2.05) is 24.3 Å². The van der Waals surface area contributed by atoms with E-state index in [-0.39, 0.29) is 17.5 Å². The number of allylic oxidation sites excluding steroid dienone is 2. The van der Waals surface area contributed by atoms with E-state index in [0.717, 1.165) is 28.6 Å². The number of halogens is 2. The Balaban J connectivity index is 1.57. The second kappa shape index (κ2) is 7.77. The number of nitrogens with zero attached hydrogens (tertiary/aromatic N) is 2. The largest absolute Gasteiger partial charge is 0.343 e. The Kier molecular flexibility index (Phi) is 4.94. The Hall–Kier alpha value is -3.26. The Morgan fingerprint density at radius 1 is 1.19 bits per heavy atom. The molecule has 1 aliphatic carbocycles. The van der Waals surface area contributed by atoms with Crippen molar-refractivity contribution in [3.8, 4) is 0 Å². The van der Waals surface area contributed by atoms with Crippen LogP contribution in [0.5, 0.6) is 0 Å². The number of amides is 1. The highest BCUT2D eigenvalue weighted by Gasteiger charge is 2.37. The molecule has 1 amide bonds. The maximum atomic E-state index is 13.2. The number of carbonyl (C=O) groups excluding carboxylic acids is 2.